The lowest BCUT2D eigenvalue weighted by Crippen LogP contribution is -2.35. The Morgan fingerprint density at radius 3 is 2.39 bits per heavy atom. The van der Waals surface area contributed by atoms with Crippen LogP contribution in [0, 0.1) is 6.92 Å². The van der Waals surface area contributed by atoms with Crippen LogP contribution < -0.4 is 20.5 Å². The van der Waals surface area contributed by atoms with Crippen molar-refractivity contribution in [1.29, 1.82) is 0 Å². The van der Waals surface area contributed by atoms with E-state index in [9.17, 15) is 9.59 Å². The Labute approximate surface area is 178 Å². The van der Waals surface area contributed by atoms with E-state index in [4.69, 9.17) is 9.47 Å². The van der Waals surface area contributed by atoms with Gasteiger partial charge in [-0.25, -0.2) is 4.98 Å². The summed E-state index contributed by atoms with van der Waals surface area (Å²) in [6, 6.07) is 19.4. The number of carbonyl (C=O) groups excluding carboxylic acids is 1. The molecule has 0 aliphatic rings. The molecule has 4 rings (SSSR count). The molecular formula is C24H21N3O4. The second-order valence-electron chi connectivity index (χ2n) is 6.92. The number of aromatic nitrogens is 2. The highest BCUT2D eigenvalue weighted by atomic mass is 16.5. The molecule has 7 heteroatoms. The zero-order chi connectivity index (χ0) is 22.0. The van der Waals surface area contributed by atoms with E-state index in [-0.39, 0.29) is 11.4 Å². The highest BCUT2D eigenvalue weighted by molar-refractivity contribution is 6.01. The van der Waals surface area contributed by atoms with Crippen molar-refractivity contribution in [3.05, 3.63) is 88.2 Å². The Morgan fingerprint density at radius 2 is 1.65 bits per heavy atom. The molecule has 3 aromatic carbocycles. The second-order valence-corrected chi connectivity index (χ2v) is 6.92. The number of nitrogens with one attached hydrogen (secondary N) is 1. The molecule has 1 amide bonds. The quantitative estimate of drug-likeness (QED) is 0.537. The van der Waals surface area contributed by atoms with E-state index in [0.29, 0.717) is 33.5 Å². The van der Waals surface area contributed by atoms with Crippen LogP contribution in [0.4, 0.5) is 0 Å². The fourth-order valence-electron chi connectivity index (χ4n) is 3.39. The first-order chi connectivity index (χ1) is 15.0. The molecule has 4 aromatic rings. The third kappa shape index (κ3) is 3.73. The van der Waals surface area contributed by atoms with Gasteiger partial charge in [0.25, 0.3) is 11.5 Å². The van der Waals surface area contributed by atoms with Crippen LogP contribution in [0.15, 0.2) is 71.5 Å². The Hall–Kier alpha value is -4.13. The van der Waals surface area contributed by atoms with Gasteiger partial charge >= 0.3 is 0 Å². The molecule has 0 radical (unpaired) electrons. The van der Waals surface area contributed by atoms with Crippen LogP contribution in [0.25, 0.3) is 22.3 Å². The highest BCUT2D eigenvalue weighted by Crippen LogP contribution is 2.31. The van der Waals surface area contributed by atoms with Gasteiger partial charge in [0, 0.05) is 11.1 Å². The third-order valence-corrected chi connectivity index (χ3v) is 5.02. The number of hydrogen-bond acceptors (Lipinski definition) is 5. The lowest BCUT2D eigenvalue weighted by atomic mass is 10.1. The van der Waals surface area contributed by atoms with Crippen molar-refractivity contribution in [2.75, 3.05) is 19.6 Å². The first-order valence-corrected chi connectivity index (χ1v) is 9.64. The van der Waals surface area contributed by atoms with Crippen molar-refractivity contribution >= 4 is 16.8 Å². The summed E-state index contributed by atoms with van der Waals surface area (Å²) in [5.74, 6) is 0.912. The topological polar surface area (TPSA) is 82.5 Å². The maximum Gasteiger partial charge on any atom is 0.280 e. The van der Waals surface area contributed by atoms with E-state index in [1.165, 1.54) is 11.8 Å². The summed E-state index contributed by atoms with van der Waals surface area (Å²) < 4.78 is 11.9. The van der Waals surface area contributed by atoms with Crippen LogP contribution in [0.2, 0.25) is 0 Å². The third-order valence-electron chi connectivity index (χ3n) is 5.02. The van der Waals surface area contributed by atoms with E-state index in [0.717, 1.165) is 5.56 Å². The molecule has 0 atom stereocenters. The number of ether oxygens (including phenoxy) is 2. The molecule has 0 saturated heterocycles. The molecule has 1 heterocycles. The van der Waals surface area contributed by atoms with Gasteiger partial charge in [0.2, 0.25) is 0 Å². The number of benzene rings is 3. The number of amides is 1. The zero-order valence-corrected chi connectivity index (χ0v) is 17.4. The van der Waals surface area contributed by atoms with Crippen molar-refractivity contribution < 1.29 is 14.3 Å². The minimum absolute atomic E-state index is 0.284. The number of hydrogen-bond donors (Lipinski definition) is 1. The largest absolute Gasteiger partial charge is 0.493 e. The van der Waals surface area contributed by atoms with E-state index in [2.05, 4.69) is 10.4 Å². The van der Waals surface area contributed by atoms with Gasteiger partial charge in [-0.3, -0.25) is 15.0 Å². The molecule has 31 heavy (non-hydrogen) atoms. The Morgan fingerprint density at radius 1 is 0.935 bits per heavy atom. The van der Waals surface area contributed by atoms with Crippen molar-refractivity contribution in [2.45, 2.75) is 6.92 Å². The molecule has 7 nitrogen and oxygen atoms in total. The lowest BCUT2D eigenvalue weighted by Gasteiger charge is -2.16. The van der Waals surface area contributed by atoms with Crippen molar-refractivity contribution in [3.8, 4) is 22.9 Å². The second kappa shape index (κ2) is 8.31. The number of carbonyl (C=O) groups is 1. The molecule has 0 bridgehead atoms. The van der Waals surface area contributed by atoms with Crippen LogP contribution >= 0.6 is 0 Å². The summed E-state index contributed by atoms with van der Waals surface area (Å²) in [6.45, 7) is 1.84. The number of nitrogens with zero attached hydrogens (tertiary/aromatic N) is 2. The summed E-state index contributed by atoms with van der Waals surface area (Å²) in [5, 5.41) is 0.400. The fraction of sp³-hybridized carbons (Fsp3) is 0.125. The summed E-state index contributed by atoms with van der Waals surface area (Å²) in [7, 11) is 3.08. The van der Waals surface area contributed by atoms with Gasteiger partial charge in [0.15, 0.2) is 17.3 Å². The molecule has 1 N–H and O–H groups in total. The van der Waals surface area contributed by atoms with Crippen molar-refractivity contribution in [2.24, 2.45) is 0 Å². The van der Waals surface area contributed by atoms with Crippen molar-refractivity contribution in [1.82, 2.24) is 9.66 Å². The fourth-order valence-corrected chi connectivity index (χ4v) is 3.39. The van der Waals surface area contributed by atoms with Gasteiger partial charge in [0.1, 0.15) is 0 Å². The summed E-state index contributed by atoms with van der Waals surface area (Å²) in [4.78, 5) is 30.9. The first kappa shape index (κ1) is 20.2. The van der Waals surface area contributed by atoms with Crippen LogP contribution in [0.3, 0.4) is 0 Å². The minimum Gasteiger partial charge on any atom is -0.493 e. The molecule has 1 aromatic heterocycles. The SMILES string of the molecule is COc1ccc(-c2nc3ccccc3c(=O)n2NC(=O)c2ccccc2C)cc1OC. The Balaban J connectivity index is 1.91. The van der Waals surface area contributed by atoms with E-state index >= 15 is 0 Å². The van der Waals surface area contributed by atoms with E-state index in [1.807, 2.05) is 25.1 Å². The van der Waals surface area contributed by atoms with Crippen LogP contribution in [0.1, 0.15) is 15.9 Å². The summed E-state index contributed by atoms with van der Waals surface area (Å²) >= 11 is 0. The number of methoxy groups -OCH3 is 2. The first-order valence-electron chi connectivity index (χ1n) is 9.64. The lowest BCUT2D eigenvalue weighted by molar-refractivity contribution is 0.101. The van der Waals surface area contributed by atoms with E-state index in [1.54, 1.807) is 55.6 Å². The van der Waals surface area contributed by atoms with Gasteiger partial charge in [0.05, 0.1) is 25.1 Å². The van der Waals surface area contributed by atoms with Crippen molar-refractivity contribution in [3.63, 3.8) is 0 Å². The van der Waals surface area contributed by atoms with Gasteiger partial charge in [-0.05, 0) is 48.9 Å². The molecule has 0 fully saturated rings. The van der Waals surface area contributed by atoms with Gasteiger partial charge < -0.3 is 9.47 Å². The molecular weight excluding hydrogens is 394 g/mol. The molecule has 156 valence electrons. The molecule has 0 spiro atoms. The highest BCUT2D eigenvalue weighted by Gasteiger charge is 2.18. The monoisotopic (exact) mass is 415 g/mol. The number of aryl methyl sites for hydroxylation is 1. The Kier molecular flexibility index (Phi) is 5.41. The summed E-state index contributed by atoms with van der Waals surface area (Å²) in [5.41, 5.74) is 4.73. The summed E-state index contributed by atoms with van der Waals surface area (Å²) in [6.07, 6.45) is 0. The van der Waals surface area contributed by atoms with Crippen LogP contribution in [0.5, 0.6) is 11.5 Å². The predicted octanol–water partition coefficient (Wildman–Crippen LogP) is 3.77. The maximum absolute atomic E-state index is 13.3. The minimum atomic E-state index is -0.404. The standard InChI is InChI=1S/C24H21N3O4/c1-15-8-4-5-9-17(15)23(28)26-27-22(16-12-13-20(30-2)21(14-16)31-3)25-19-11-7-6-10-18(19)24(27)29/h4-14H,1-3H3,(H,26,28). The predicted molar refractivity (Wildman–Crippen MR) is 119 cm³/mol. The average Bonchev–Trinajstić information content (AvgIpc) is 2.80. The van der Waals surface area contributed by atoms with Crippen LogP contribution in [-0.2, 0) is 0 Å². The normalized spacial score (nSPS) is 10.7. The maximum atomic E-state index is 13.3. The van der Waals surface area contributed by atoms with Gasteiger partial charge in [-0.15, -0.1) is 0 Å². The van der Waals surface area contributed by atoms with Gasteiger partial charge in [-0.2, -0.15) is 4.68 Å². The number of para-hydroxylation sites is 1. The van der Waals surface area contributed by atoms with Gasteiger partial charge in [-0.1, -0.05) is 30.3 Å². The van der Waals surface area contributed by atoms with Crippen LogP contribution in [-0.4, -0.2) is 29.8 Å². The number of fused-ring (bicyclic) bond motifs is 1. The molecule has 0 saturated carbocycles. The van der Waals surface area contributed by atoms with E-state index < -0.39 is 5.91 Å². The number of rotatable bonds is 5. The Bertz CT molecular complexity index is 1340. The zero-order valence-electron chi connectivity index (χ0n) is 17.4. The smallest absolute Gasteiger partial charge is 0.280 e. The average molecular weight is 415 g/mol. The molecule has 0 aliphatic heterocycles. The molecule has 0 aliphatic carbocycles. The molecule has 0 unspecified atom stereocenters.